The first kappa shape index (κ1) is 31.8. The Kier molecular flexibility index (Phi) is 8.18. The second-order valence-corrected chi connectivity index (χ2v) is 12.5. The van der Waals surface area contributed by atoms with Crippen molar-refractivity contribution in [3.8, 4) is 5.69 Å². The molecule has 1 aliphatic rings. The lowest BCUT2D eigenvalue weighted by Crippen LogP contribution is -2.45. The number of halogens is 4. The van der Waals surface area contributed by atoms with E-state index in [1.807, 2.05) is 36.5 Å². The predicted octanol–water partition coefficient (Wildman–Crippen LogP) is 5.85. The van der Waals surface area contributed by atoms with Gasteiger partial charge in [0.05, 0.1) is 34.4 Å². The zero-order valence-electron chi connectivity index (χ0n) is 26.2. The summed E-state index contributed by atoms with van der Waals surface area (Å²) in [5, 5.41) is 17.9. The van der Waals surface area contributed by atoms with E-state index < -0.39 is 17.5 Å². The first-order valence-corrected chi connectivity index (χ1v) is 15.8. The maximum atomic E-state index is 13.4. The van der Waals surface area contributed by atoms with Gasteiger partial charge >= 0.3 is 6.18 Å². The molecule has 0 spiro atoms. The van der Waals surface area contributed by atoms with E-state index in [1.165, 1.54) is 18.6 Å². The molecule has 9 nitrogen and oxygen atoms in total. The third kappa shape index (κ3) is 5.80. The molecule has 1 N–H and O–H groups in total. The predicted molar refractivity (Wildman–Crippen MR) is 177 cm³/mol. The van der Waals surface area contributed by atoms with Crippen LogP contribution in [0, 0.1) is 0 Å². The molecule has 0 bridgehead atoms. The fraction of sp³-hybridized carbons (Fsp3) is 0.257. The first-order valence-electron chi connectivity index (χ1n) is 15.4. The van der Waals surface area contributed by atoms with Gasteiger partial charge < -0.3 is 19.5 Å². The van der Waals surface area contributed by atoms with E-state index in [4.69, 9.17) is 16.6 Å². The van der Waals surface area contributed by atoms with E-state index in [0.717, 1.165) is 61.1 Å². The van der Waals surface area contributed by atoms with Crippen LogP contribution in [-0.4, -0.2) is 72.5 Å². The number of aromatic nitrogens is 6. The van der Waals surface area contributed by atoms with Gasteiger partial charge in [0.25, 0.3) is 0 Å². The summed E-state index contributed by atoms with van der Waals surface area (Å²) in [6, 6.07) is 17.3. The van der Waals surface area contributed by atoms with E-state index in [9.17, 15) is 18.3 Å². The quantitative estimate of drug-likeness (QED) is 0.228. The minimum absolute atomic E-state index is 0.147. The monoisotopic (exact) mass is 672 g/mol. The summed E-state index contributed by atoms with van der Waals surface area (Å²) in [5.74, 6) is 0.804. The van der Waals surface area contributed by atoms with Gasteiger partial charge in [0.15, 0.2) is 5.60 Å². The zero-order valence-corrected chi connectivity index (χ0v) is 27.0. The number of benzene rings is 2. The van der Waals surface area contributed by atoms with E-state index in [1.54, 1.807) is 40.7 Å². The molecule has 5 heterocycles. The van der Waals surface area contributed by atoms with Crippen LogP contribution in [0.15, 0.2) is 91.8 Å². The second-order valence-electron chi connectivity index (χ2n) is 12.1. The number of anilines is 1. The Hall–Kier alpha value is -4.78. The SMILES string of the molecule is CN1CCN(c2nc3ccc(C(O)(c4ccc(C(F)(F)F)nc4)c4cncn4C)cc3c(Cl)c2Cc2ccc(-n3cccn3)cc2)CC1. The van der Waals surface area contributed by atoms with Crippen LogP contribution in [0.3, 0.4) is 0 Å². The molecule has 246 valence electrons. The summed E-state index contributed by atoms with van der Waals surface area (Å²) >= 11 is 7.32. The Bertz CT molecular complexity index is 2060. The summed E-state index contributed by atoms with van der Waals surface area (Å²) in [5.41, 5.74) is 1.36. The largest absolute Gasteiger partial charge is 0.433 e. The van der Waals surface area contributed by atoms with Crippen LogP contribution >= 0.6 is 11.6 Å². The number of alkyl halides is 3. The molecule has 6 aromatic rings. The molecule has 0 saturated carbocycles. The van der Waals surface area contributed by atoms with Crippen molar-refractivity contribution in [2.75, 3.05) is 38.1 Å². The number of aliphatic hydroxyl groups is 1. The van der Waals surface area contributed by atoms with Crippen molar-refractivity contribution >= 4 is 28.3 Å². The van der Waals surface area contributed by atoms with Crippen molar-refractivity contribution < 1.29 is 18.3 Å². The molecule has 4 aromatic heterocycles. The lowest BCUT2D eigenvalue weighted by molar-refractivity contribution is -0.141. The van der Waals surface area contributed by atoms with Gasteiger partial charge in [-0.3, -0.25) is 4.98 Å². The molecule has 1 saturated heterocycles. The van der Waals surface area contributed by atoms with Crippen LogP contribution in [0.4, 0.5) is 19.0 Å². The number of hydrogen-bond acceptors (Lipinski definition) is 7. The molecule has 1 aliphatic heterocycles. The summed E-state index contributed by atoms with van der Waals surface area (Å²) in [6.45, 7) is 3.34. The lowest BCUT2D eigenvalue weighted by atomic mass is 9.83. The normalized spacial score (nSPS) is 15.6. The number of piperazine rings is 1. The van der Waals surface area contributed by atoms with Crippen LogP contribution in [0.25, 0.3) is 16.6 Å². The minimum Gasteiger partial charge on any atom is -0.374 e. The molecule has 0 amide bonds. The minimum atomic E-state index is -4.62. The van der Waals surface area contributed by atoms with E-state index in [-0.39, 0.29) is 5.56 Å². The third-order valence-electron chi connectivity index (χ3n) is 8.96. The smallest absolute Gasteiger partial charge is 0.374 e. The van der Waals surface area contributed by atoms with Gasteiger partial charge in [0.1, 0.15) is 11.5 Å². The standard InChI is InChI=1S/C35H32ClF3N8O/c1-44-14-16-46(17-15-44)33-28(18-23-4-8-26(9-5-23)47-13-3-12-42-47)32(36)27-19-24(6-10-29(27)43-33)34(48,31-21-40-22-45(31)2)25-7-11-30(41-20-25)35(37,38)39/h3-13,19-22,48H,14-18H2,1-2H3. The Morgan fingerprint density at radius 1 is 0.917 bits per heavy atom. The highest BCUT2D eigenvalue weighted by Gasteiger charge is 2.39. The zero-order chi connectivity index (χ0) is 33.6. The van der Waals surface area contributed by atoms with Crippen LogP contribution in [0.1, 0.15) is 33.6 Å². The lowest BCUT2D eigenvalue weighted by Gasteiger charge is -2.35. The molecule has 2 aromatic carbocycles. The van der Waals surface area contributed by atoms with Crippen molar-refractivity contribution in [3.63, 3.8) is 0 Å². The van der Waals surface area contributed by atoms with Crippen LogP contribution in [0.5, 0.6) is 0 Å². The van der Waals surface area contributed by atoms with E-state index >= 15 is 0 Å². The molecule has 1 unspecified atom stereocenters. The Labute approximate surface area is 279 Å². The number of nitrogens with zero attached hydrogens (tertiary/aromatic N) is 8. The van der Waals surface area contributed by atoms with Gasteiger partial charge in [0, 0.05) is 74.8 Å². The van der Waals surface area contributed by atoms with Gasteiger partial charge in [-0.2, -0.15) is 18.3 Å². The number of likely N-dealkylation sites (N-methyl/N-ethyl adjacent to an activating group) is 1. The van der Waals surface area contributed by atoms with Crippen molar-refractivity contribution in [3.05, 3.63) is 130 Å². The summed E-state index contributed by atoms with van der Waals surface area (Å²) in [6.07, 6.45) is 3.55. The fourth-order valence-corrected chi connectivity index (χ4v) is 6.55. The molecule has 13 heteroatoms. The van der Waals surface area contributed by atoms with E-state index in [2.05, 4.69) is 31.9 Å². The molecule has 1 fully saturated rings. The summed E-state index contributed by atoms with van der Waals surface area (Å²) in [7, 11) is 3.80. The average Bonchev–Trinajstić information content (AvgIpc) is 3.79. The number of hydrogen-bond donors (Lipinski definition) is 1. The highest BCUT2D eigenvalue weighted by atomic mass is 35.5. The van der Waals surface area contributed by atoms with Crippen LogP contribution < -0.4 is 4.90 Å². The van der Waals surface area contributed by atoms with Crippen LogP contribution in [0.2, 0.25) is 5.02 Å². The van der Waals surface area contributed by atoms with Gasteiger partial charge in [-0.1, -0.05) is 35.9 Å². The van der Waals surface area contributed by atoms with E-state index in [0.29, 0.717) is 33.6 Å². The van der Waals surface area contributed by atoms with Crippen molar-refractivity contribution in [1.82, 2.24) is 34.2 Å². The van der Waals surface area contributed by atoms with Gasteiger partial charge in [-0.15, -0.1) is 0 Å². The topological polar surface area (TPSA) is 88.1 Å². The van der Waals surface area contributed by atoms with Crippen molar-refractivity contribution in [1.29, 1.82) is 0 Å². The Morgan fingerprint density at radius 2 is 1.67 bits per heavy atom. The number of rotatable bonds is 7. The van der Waals surface area contributed by atoms with Crippen LogP contribution in [-0.2, 0) is 25.2 Å². The molecule has 7 rings (SSSR count). The van der Waals surface area contributed by atoms with Crippen molar-refractivity contribution in [2.45, 2.75) is 18.2 Å². The molecular weight excluding hydrogens is 641 g/mol. The average molecular weight is 673 g/mol. The Morgan fingerprint density at radius 3 is 2.29 bits per heavy atom. The highest BCUT2D eigenvalue weighted by Crippen LogP contribution is 2.41. The summed E-state index contributed by atoms with van der Waals surface area (Å²) < 4.78 is 43.6. The molecular formula is C35H32ClF3N8O. The first-order chi connectivity index (χ1) is 23.0. The second kappa shape index (κ2) is 12.3. The maximum Gasteiger partial charge on any atom is 0.433 e. The molecule has 0 radical (unpaired) electrons. The highest BCUT2D eigenvalue weighted by molar-refractivity contribution is 6.36. The fourth-order valence-electron chi connectivity index (χ4n) is 6.25. The molecule has 0 aliphatic carbocycles. The van der Waals surface area contributed by atoms with Gasteiger partial charge in [-0.25, -0.2) is 14.6 Å². The van der Waals surface area contributed by atoms with Gasteiger partial charge in [-0.05, 0) is 54.6 Å². The number of fused-ring (bicyclic) bond motifs is 1. The maximum absolute atomic E-state index is 13.4. The number of aryl methyl sites for hydroxylation is 1. The Balaban J connectivity index is 1.36. The summed E-state index contributed by atoms with van der Waals surface area (Å²) in [4.78, 5) is 17.5. The number of pyridine rings is 2. The third-order valence-corrected chi connectivity index (χ3v) is 9.39. The number of imidazole rings is 1. The molecule has 48 heavy (non-hydrogen) atoms. The molecule has 1 atom stereocenters. The van der Waals surface area contributed by atoms with Crippen molar-refractivity contribution in [2.24, 2.45) is 7.05 Å². The van der Waals surface area contributed by atoms with Gasteiger partial charge in [0.2, 0.25) is 0 Å².